The fourth-order valence-electron chi connectivity index (χ4n) is 13.7. The van der Waals surface area contributed by atoms with E-state index in [1.807, 2.05) is 250 Å². The predicted octanol–water partition coefficient (Wildman–Crippen LogP) is 37.4. The number of aromatic nitrogens is 1. The lowest BCUT2D eigenvalue weighted by molar-refractivity contribution is 1.33. The highest BCUT2D eigenvalue weighted by atomic mass is 32.2. The Kier molecular flexibility index (Phi) is 19.2. The first-order chi connectivity index (χ1) is 54.9. The van der Waals surface area contributed by atoms with E-state index in [2.05, 4.69) is 272 Å². The maximum absolute atomic E-state index is 4.47. The smallest absolute Gasteiger partial charge is 0.0536 e. The van der Waals surface area contributed by atoms with Crippen LogP contribution in [0.25, 0.3) is 210 Å². The van der Waals surface area contributed by atoms with Crippen LogP contribution in [0.3, 0.4) is 0 Å². The molecule has 0 radical (unpaired) electrons. The number of rotatable bonds is 21. The molecule has 0 saturated carbocycles. The van der Waals surface area contributed by atoms with Gasteiger partial charge >= 0.3 is 0 Å². The van der Waals surface area contributed by atoms with Gasteiger partial charge in [0.1, 0.15) is 0 Å². The van der Waals surface area contributed by atoms with Gasteiger partial charge in [0.25, 0.3) is 0 Å². The van der Waals surface area contributed by atoms with Gasteiger partial charge in [-0.15, -0.1) is 238 Å². The zero-order valence-electron chi connectivity index (χ0n) is 57.2. The van der Waals surface area contributed by atoms with Crippen molar-refractivity contribution in [2.24, 2.45) is 0 Å². The minimum absolute atomic E-state index is 1.18. The summed E-state index contributed by atoms with van der Waals surface area (Å²) in [6, 6.07) is 85.5. The highest BCUT2D eigenvalue weighted by molar-refractivity contribution is 7.34. The second kappa shape index (κ2) is 30.2. The number of pyridine rings is 1. The van der Waals surface area contributed by atoms with Gasteiger partial charge in [-0.05, 0) is 225 Å². The van der Waals surface area contributed by atoms with Gasteiger partial charge in [-0.2, -0.15) is 0 Å². The van der Waals surface area contributed by atoms with Gasteiger partial charge in [0, 0.05) is 183 Å². The second-order valence-corrected chi connectivity index (χ2v) is 47.0. The lowest BCUT2D eigenvalue weighted by Crippen LogP contribution is -1.72. The predicted molar refractivity (Wildman–Crippen MR) is 514 cm³/mol. The van der Waals surface area contributed by atoms with Crippen LogP contribution in [-0.2, 0) is 0 Å². The van der Waals surface area contributed by atoms with Gasteiger partial charge in [0.15, 0.2) is 0 Å². The van der Waals surface area contributed by atoms with E-state index >= 15 is 0 Å². The van der Waals surface area contributed by atoms with Crippen LogP contribution in [-0.4, -0.2) is 4.98 Å². The van der Waals surface area contributed by atoms with E-state index < -0.39 is 0 Å². The Bertz CT molecular complexity index is 5990. The van der Waals surface area contributed by atoms with Gasteiger partial charge < -0.3 is 0 Å². The van der Waals surface area contributed by atoms with Crippen molar-refractivity contribution < 1.29 is 0 Å². The Morgan fingerprint density at radius 2 is 0.333 bits per heavy atom. The molecule has 22 heteroatoms. The second-order valence-electron chi connectivity index (χ2n) is 25.5. The first kappa shape index (κ1) is 70.5. The van der Waals surface area contributed by atoms with E-state index in [1.165, 1.54) is 210 Å². The molecule has 0 aliphatic heterocycles. The molecular formula is C89H47NS21. The third-order valence-corrected chi connectivity index (χ3v) is 42.9. The molecule has 22 aromatic rings. The Morgan fingerprint density at radius 1 is 0.144 bits per heavy atom. The topological polar surface area (TPSA) is 12.9 Å². The molecule has 0 atom stereocenters. The molecule has 0 saturated heterocycles. The number of hydrogen-bond donors (Lipinski definition) is 0. The van der Waals surface area contributed by atoms with Crippen LogP contribution in [0.15, 0.2) is 280 Å². The molecule has 0 bridgehead atoms. The summed E-state index contributed by atoms with van der Waals surface area (Å²) in [5.41, 5.74) is 10.3. The van der Waals surface area contributed by atoms with E-state index in [-0.39, 0.29) is 0 Å². The summed E-state index contributed by atoms with van der Waals surface area (Å²) in [6.45, 7) is 0. The summed E-state index contributed by atoms with van der Waals surface area (Å²) in [6.07, 6.45) is 3.84. The van der Waals surface area contributed by atoms with Crippen molar-refractivity contribution in [3.05, 3.63) is 280 Å². The van der Waals surface area contributed by atoms with Crippen LogP contribution < -0.4 is 0 Å². The van der Waals surface area contributed by atoms with Crippen LogP contribution in [0.1, 0.15) is 0 Å². The third-order valence-electron chi connectivity index (χ3n) is 18.8. The van der Waals surface area contributed by atoms with Crippen molar-refractivity contribution in [1.29, 1.82) is 0 Å². The Labute approximate surface area is 723 Å². The molecule has 0 spiro atoms. The molecule has 534 valence electrons. The largest absolute Gasteiger partial charge is 0.265 e. The van der Waals surface area contributed by atoms with Crippen molar-refractivity contribution in [3.8, 4) is 210 Å². The molecule has 0 unspecified atom stereocenters. The zero-order valence-corrected chi connectivity index (χ0v) is 74.3. The van der Waals surface area contributed by atoms with E-state index in [9.17, 15) is 0 Å². The van der Waals surface area contributed by atoms with E-state index in [0.29, 0.717) is 0 Å². The Balaban J connectivity index is 0.635. The number of nitrogens with zero attached hydrogens (tertiary/aromatic N) is 1. The molecule has 0 aliphatic rings. The SMILES string of the molecule is c1csc(-c2cc(-c3ccc(-c4cc(-c5ccc(-c6cc(-c7ccncc7)sc6-c6ccc(-c7cc(-c8ccc(-c9cc(-c%10cccs%10)c(-c%10cccs%10)s9)s8)c(-c8ccc(-c9cc(-c%10cccs%10)c(-c%10cccs%10)s9)s8)s7)s6)s5)sc4-c4ccc(-c5cc(-c6cccs6)c(-c6cccs6)s5)s4)s3)sc2-c2cccs2)c1. The first-order valence-electron chi connectivity index (χ1n) is 34.7. The Morgan fingerprint density at radius 3 is 0.577 bits per heavy atom. The van der Waals surface area contributed by atoms with Crippen LogP contribution in [0, 0.1) is 0 Å². The van der Waals surface area contributed by atoms with Crippen LogP contribution in [0.4, 0.5) is 0 Å². The van der Waals surface area contributed by atoms with Crippen molar-refractivity contribution in [2.45, 2.75) is 0 Å². The molecule has 22 aromatic heterocycles. The fraction of sp³-hybridized carbons (Fsp3) is 0. The molecule has 0 aromatic carbocycles. The average Bonchev–Trinajstić information content (AvgIpc) is 1.61. The fourth-order valence-corrected chi connectivity index (χ4v) is 35.8. The molecule has 1 nitrogen and oxygen atoms in total. The van der Waals surface area contributed by atoms with Gasteiger partial charge in [-0.1, -0.05) is 48.5 Å². The molecule has 0 aliphatic carbocycles. The summed E-state index contributed by atoms with van der Waals surface area (Å²) in [5.74, 6) is 0. The van der Waals surface area contributed by atoms with Crippen LogP contribution in [0.5, 0.6) is 0 Å². The first-order valence-corrected chi connectivity index (χ1v) is 52.4. The molecular weight excluding hydrogens is 1760 g/mol. The Hall–Kier alpha value is -7.15. The summed E-state index contributed by atoms with van der Waals surface area (Å²) < 4.78 is 0. The monoisotopic (exact) mass is 1800 g/mol. The van der Waals surface area contributed by atoms with Crippen molar-refractivity contribution in [3.63, 3.8) is 0 Å². The minimum atomic E-state index is 1.18. The molecule has 111 heavy (non-hydrogen) atoms. The van der Waals surface area contributed by atoms with Crippen LogP contribution in [0.2, 0.25) is 0 Å². The number of hydrogen-bond acceptors (Lipinski definition) is 22. The highest BCUT2D eigenvalue weighted by Crippen LogP contribution is 2.59. The lowest BCUT2D eigenvalue weighted by atomic mass is 10.1. The van der Waals surface area contributed by atoms with Gasteiger partial charge in [-0.25, -0.2) is 0 Å². The average molecular weight is 1800 g/mol. The molecule has 0 amide bonds. The summed E-state index contributed by atoms with van der Waals surface area (Å²) in [5, 5.41) is 17.6. The van der Waals surface area contributed by atoms with E-state index in [1.54, 1.807) is 0 Å². The normalized spacial score (nSPS) is 11.8. The highest BCUT2D eigenvalue weighted by Gasteiger charge is 2.28. The third kappa shape index (κ3) is 13.5. The van der Waals surface area contributed by atoms with Crippen molar-refractivity contribution >= 4 is 238 Å². The quantitative estimate of drug-likeness (QED) is 0.0699. The maximum Gasteiger partial charge on any atom is 0.0536 e. The molecule has 22 rings (SSSR count). The van der Waals surface area contributed by atoms with Gasteiger partial charge in [0.05, 0.1) is 34.1 Å². The summed E-state index contributed by atoms with van der Waals surface area (Å²) in [7, 11) is 0. The number of thiophene rings is 21. The lowest BCUT2D eigenvalue weighted by Gasteiger charge is -1.99. The molecule has 0 N–H and O–H groups in total. The maximum atomic E-state index is 4.47. The van der Waals surface area contributed by atoms with Gasteiger partial charge in [0.2, 0.25) is 0 Å². The standard InChI is InChI=1S/C89H47NS21/c1-9-56(91-33-1)49-42-77(106-83(49)69-13-5-37-95-69)63-21-18-61(100-63)54-46-81(110-88(54)74-27-24-66(103-74)79-44-51(58-11-3-35-93-58)85(108-79)71-15-7-39-97-71)65-20-17-60(99-65)53-41-76(48-29-31-90-32-30-48)105-87(53)73-26-23-68(102-73)82-47-55(62-19-22-64(101-62)78-43-50(57-10-2-34-92-57)84(107-78)70-14-6-38-96-70)89(111-82)75-28-25-67(104-75)80-45-52(59-12-4-36-94-59)86(109-80)72-16-8-40-98-72/h1-47H. The van der Waals surface area contributed by atoms with Crippen LogP contribution >= 0.6 is 238 Å². The summed E-state index contributed by atoms with van der Waals surface area (Å²) >= 11 is 39.5. The zero-order chi connectivity index (χ0) is 73.0. The van der Waals surface area contributed by atoms with Crippen molar-refractivity contribution in [2.75, 3.05) is 0 Å². The molecule has 22 heterocycles. The summed E-state index contributed by atoms with van der Waals surface area (Å²) in [4.78, 5) is 48.7. The van der Waals surface area contributed by atoms with Gasteiger partial charge in [-0.3, -0.25) is 4.98 Å². The van der Waals surface area contributed by atoms with E-state index in [0.717, 1.165) is 0 Å². The van der Waals surface area contributed by atoms with Crippen molar-refractivity contribution in [1.82, 2.24) is 4.98 Å². The minimum Gasteiger partial charge on any atom is -0.265 e. The molecule has 0 fully saturated rings. The van der Waals surface area contributed by atoms with E-state index in [4.69, 9.17) is 0 Å².